The molecule has 1 amide bonds. The number of oxime groups is 1. The number of rotatable bonds is 2. The van der Waals surface area contributed by atoms with Gasteiger partial charge in [-0.1, -0.05) is 5.16 Å². The van der Waals surface area contributed by atoms with Crippen molar-refractivity contribution in [3.63, 3.8) is 0 Å². The molecular formula is C9H17N3O4. The number of hydrogen-bond donors (Lipinski definition) is 4. The molecule has 0 bridgehead atoms. The normalized spacial score (nSPS) is 27.2. The second-order valence-corrected chi connectivity index (χ2v) is 4.46. The van der Waals surface area contributed by atoms with E-state index < -0.39 is 23.5 Å². The highest BCUT2D eigenvalue weighted by atomic mass is 16.4. The van der Waals surface area contributed by atoms with Crippen molar-refractivity contribution in [3.05, 3.63) is 0 Å². The third kappa shape index (κ3) is 2.10. The first-order valence-electron chi connectivity index (χ1n) is 4.94. The molecule has 0 aliphatic carbocycles. The predicted octanol–water partition coefficient (Wildman–Crippen LogP) is -1.68. The summed E-state index contributed by atoms with van der Waals surface area (Å²) in [5.74, 6) is -0.591. The molecule has 1 aliphatic heterocycles. The van der Waals surface area contributed by atoms with Crippen LogP contribution in [0.2, 0.25) is 0 Å². The van der Waals surface area contributed by atoms with Crippen molar-refractivity contribution < 1.29 is 20.2 Å². The van der Waals surface area contributed by atoms with Crippen LogP contribution in [-0.4, -0.2) is 57.4 Å². The van der Waals surface area contributed by atoms with Crippen LogP contribution in [0.3, 0.4) is 0 Å². The van der Waals surface area contributed by atoms with Crippen molar-refractivity contribution in [3.8, 4) is 0 Å². The van der Waals surface area contributed by atoms with Crippen LogP contribution >= 0.6 is 0 Å². The largest absolute Gasteiger partial charge is 0.409 e. The van der Waals surface area contributed by atoms with Crippen molar-refractivity contribution in [2.45, 2.75) is 26.1 Å². The summed E-state index contributed by atoms with van der Waals surface area (Å²) in [5.41, 5.74) is 4.26. The summed E-state index contributed by atoms with van der Waals surface area (Å²) < 4.78 is 0. The summed E-state index contributed by atoms with van der Waals surface area (Å²) in [4.78, 5) is 13.3. The van der Waals surface area contributed by atoms with E-state index in [0.717, 1.165) is 0 Å². The Labute approximate surface area is 93.1 Å². The maximum atomic E-state index is 12.0. The first kappa shape index (κ1) is 12.7. The lowest BCUT2D eigenvalue weighted by Gasteiger charge is -2.27. The zero-order valence-electron chi connectivity index (χ0n) is 9.29. The van der Waals surface area contributed by atoms with Crippen molar-refractivity contribution in [1.82, 2.24) is 4.90 Å². The number of carbonyl (C=O) groups is 1. The predicted molar refractivity (Wildman–Crippen MR) is 55.8 cm³/mol. The Morgan fingerprint density at radius 3 is 2.19 bits per heavy atom. The Bertz CT molecular complexity index is 306. The minimum Gasteiger partial charge on any atom is -0.409 e. The Kier molecular flexibility index (Phi) is 3.39. The van der Waals surface area contributed by atoms with Crippen molar-refractivity contribution in [2.75, 3.05) is 13.1 Å². The van der Waals surface area contributed by atoms with E-state index >= 15 is 0 Å². The number of aliphatic hydroxyl groups excluding tert-OH is 2. The average Bonchev–Trinajstić information content (AvgIpc) is 2.56. The quantitative estimate of drug-likeness (QED) is 0.196. The molecule has 0 saturated carbocycles. The number of nitrogens with two attached hydrogens (primary N) is 1. The van der Waals surface area contributed by atoms with Crippen LogP contribution in [0.25, 0.3) is 0 Å². The number of hydrogen-bond acceptors (Lipinski definition) is 5. The van der Waals surface area contributed by atoms with Gasteiger partial charge in [-0.05, 0) is 13.8 Å². The van der Waals surface area contributed by atoms with E-state index in [2.05, 4.69) is 5.16 Å². The molecular weight excluding hydrogens is 214 g/mol. The fourth-order valence-electron chi connectivity index (χ4n) is 1.57. The second-order valence-electron chi connectivity index (χ2n) is 4.46. The SMILES string of the molecule is CC(C)(C(=O)N1CC(O)C(O)C1)C(N)=NO. The van der Waals surface area contributed by atoms with Gasteiger partial charge in [-0.15, -0.1) is 0 Å². The van der Waals surface area contributed by atoms with Crippen LogP contribution < -0.4 is 5.73 Å². The van der Waals surface area contributed by atoms with Gasteiger partial charge < -0.3 is 26.1 Å². The smallest absolute Gasteiger partial charge is 0.236 e. The van der Waals surface area contributed by atoms with E-state index in [-0.39, 0.29) is 18.9 Å². The molecule has 2 atom stereocenters. The monoisotopic (exact) mass is 231 g/mol. The fourth-order valence-corrected chi connectivity index (χ4v) is 1.57. The maximum Gasteiger partial charge on any atom is 0.236 e. The number of amidine groups is 1. The van der Waals surface area contributed by atoms with Gasteiger partial charge in [-0.25, -0.2) is 0 Å². The van der Waals surface area contributed by atoms with Crippen LogP contribution in [-0.2, 0) is 4.79 Å². The molecule has 0 aromatic carbocycles. The highest BCUT2D eigenvalue weighted by molar-refractivity contribution is 6.05. The molecule has 0 spiro atoms. The number of amides is 1. The Morgan fingerprint density at radius 2 is 1.81 bits per heavy atom. The zero-order valence-corrected chi connectivity index (χ0v) is 9.29. The molecule has 1 saturated heterocycles. The standard InChI is InChI=1S/C9H17N3O4/c1-9(2,7(10)11-16)8(15)12-3-5(13)6(14)4-12/h5-6,13-14,16H,3-4H2,1-2H3,(H2,10,11). The zero-order chi connectivity index (χ0) is 12.5. The van der Waals surface area contributed by atoms with E-state index in [0.29, 0.717) is 0 Å². The lowest BCUT2D eigenvalue weighted by molar-refractivity contribution is -0.136. The van der Waals surface area contributed by atoms with Gasteiger partial charge in [0.15, 0.2) is 5.84 Å². The second kappa shape index (κ2) is 4.26. The van der Waals surface area contributed by atoms with Gasteiger partial charge in [-0.3, -0.25) is 4.79 Å². The van der Waals surface area contributed by atoms with Gasteiger partial charge in [0.25, 0.3) is 0 Å². The van der Waals surface area contributed by atoms with Crippen molar-refractivity contribution in [1.29, 1.82) is 0 Å². The Balaban J connectivity index is 2.80. The van der Waals surface area contributed by atoms with Gasteiger partial charge in [0.1, 0.15) is 5.41 Å². The number of aliphatic hydroxyl groups is 2. The highest BCUT2D eigenvalue weighted by Gasteiger charge is 2.41. The van der Waals surface area contributed by atoms with E-state index in [9.17, 15) is 15.0 Å². The Hall–Kier alpha value is -1.34. The lowest BCUT2D eigenvalue weighted by Crippen LogP contribution is -2.47. The van der Waals surface area contributed by atoms with Crippen LogP contribution in [0.1, 0.15) is 13.8 Å². The summed E-state index contributed by atoms with van der Waals surface area (Å²) in [6, 6.07) is 0. The molecule has 16 heavy (non-hydrogen) atoms. The van der Waals surface area contributed by atoms with Gasteiger partial charge in [0, 0.05) is 13.1 Å². The molecule has 1 fully saturated rings. The lowest BCUT2D eigenvalue weighted by atomic mass is 9.90. The van der Waals surface area contributed by atoms with E-state index in [1.54, 1.807) is 0 Å². The van der Waals surface area contributed by atoms with Crippen molar-refractivity contribution >= 4 is 11.7 Å². The number of nitrogens with zero attached hydrogens (tertiary/aromatic N) is 2. The van der Waals surface area contributed by atoms with Gasteiger partial charge in [-0.2, -0.15) is 0 Å². The highest BCUT2D eigenvalue weighted by Crippen LogP contribution is 2.22. The summed E-state index contributed by atoms with van der Waals surface area (Å²) in [6.45, 7) is 3.15. The number of likely N-dealkylation sites (tertiary alicyclic amines) is 1. The summed E-state index contributed by atoms with van der Waals surface area (Å²) in [5, 5.41) is 30.0. The molecule has 5 N–H and O–H groups in total. The third-order valence-electron chi connectivity index (χ3n) is 2.83. The minimum atomic E-state index is -1.15. The molecule has 1 heterocycles. The van der Waals surface area contributed by atoms with Crippen LogP contribution in [0.5, 0.6) is 0 Å². The summed E-state index contributed by atoms with van der Waals surface area (Å²) >= 11 is 0. The Morgan fingerprint density at radius 1 is 1.38 bits per heavy atom. The van der Waals surface area contributed by atoms with Crippen LogP contribution in [0.4, 0.5) is 0 Å². The molecule has 1 rings (SSSR count). The van der Waals surface area contributed by atoms with E-state index in [1.807, 2.05) is 0 Å². The fraction of sp³-hybridized carbons (Fsp3) is 0.778. The summed E-state index contributed by atoms with van der Waals surface area (Å²) in [7, 11) is 0. The molecule has 92 valence electrons. The first-order chi connectivity index (χ1) is 7.30. The molecule has 0 aromatic rings. The van der Waals surface area contributed by atoms with Crippen LogP contribution in [0.15, 0.2) is 5.16 Å². The van der Waals surface area contributed by atoms with Gasteiger partial charge >= 0.3 is 0 Å². The molecule has 7 nitrogen and oxygen atoms in total. The minimum absolute atomic E-state index is 0.0577. The first-order valence-corrected chi connectivity index (χ1v) is 4.94. The number of carbonyl (C=O) groups excluding carboxylic acids is 1. The van der Waals surface area contributed by atoms with Crippen LogP contribution in [0, 0.1) is 5.41 Å². The van der Waals surface area contributed by atoms with Gasteiger partial charge in [0.05, 0.1) is 12.2 Å². The van der Waals surface area contributed by atoms with Crippen molar-refractivity contribution in [2.24, 2.45) is 16.3 Å². The van der Waals surface area contributed by atoms with Gasteiger partial charge in [0.2, 0.25) is 5.91 Å². The molecule has 1 aliphatic rings. The third-order valence-corrected chi connectivity index (χ3v) is 2.83. The molecule has 2 unspecified atom stereocenters. The molecule has 7 heteroatoms. The average molecular weight is 231 g/mol. The topological polar surface area (TPSA) is 119 Å². The van der Waals surface area contributed by atoms with E-state index in [4.69, 9.17) is 10.9 Å². The molecule has 0 aromatic heterocycles. The van der Waals surface area contributed by atoms with E-state index in [1.165, 1.54) is 18.7 Å². The maximum absolute atomic E-state index is 12.0. The molecule has 0 radical (unpaired) electrons. The number of β-amino-alcohol motifs (C(OH)–C–C–N with tert-alkyl or cyclic N) is 2. The summed E-state index contributed by atoms with van der Waals surface area (Å²) in [6.07, 6.45) is -1.88.